The fraction of sp³-hybridized carbons (Fsp3) is 0.808. The maximum absolute atomic E-state index is 12.5. The van der Waals surface area contributed by atoms with Crippen molar-refractivity contribution in [2.24, 2.45) is 17.6 Å². The molecule has 0 aromatic heterocycles. The highest BCUT2D eigenvalue weighted by atomic mass is 16.6. The molecule has 36 heavy (non-hydrogen) atoms. The second-order valence-electron chi connectivity index (χ2n) is 9.30. The highest BCUT2D eigenvalue weighted by Gasteiger charge is 2.33. The van der Waals surface area contributed by atoms with Gasteiger partial charge in [-0.1, -0.05) is 33.8 Å². The standard InChI is InChI=1S/C26H48N2O8/c1-9-20(35-24(30)10-2)15-23(34-8)21(27)11-12-22(36-26(32)19(5)33-7)18(4)25(31)17(3)13-14-28(6)16-29/h13-14,16-23,25,31H,9-12,15,27H2,1-8H3/b14-13+/t17-,18+,19-,20-,21+,22-,23+,25-/m1/s1. The molecule has 0 unspecified atom stereocenters. The van der Waals surface area contributed by atoms with E-state index in [2.05, 4.69) is 0 Å². The number of hydrogen-bond acceptors (Lipinski definition) is 9. The fourth-order valence-electron chi connectivity index (χ4n) is 3.70. The van der Waals surface area contributed by atoms with E-state index in [-0.39, 0.29) is 24.1 Å². The number of nitrogens with two attached hydrogens (primary N) is 1. The molecule has 0 aliphatic heterocycles. The number of aliphatic hydroxyl groups is 1. The van der Waals surface area contributed by atoms with Gasteiger partial charge >= 0.3 is 11.9 Å². The molecule has 3 N–H and O–H groups in total. The van der Waals surface area contributed by atoms with Crippen LogP contribution in [0.3, 0.4) is 0 Å². The maximum atomic E-state index is 12.5. The zero-order valence-corrected chi connectivity index (χ0v) is 23.2. The summed E-state index contributed by atoms with van der Waals surface area (Å²) in [5.41, 5.74) is 6.45. The van der Waals surface area contributed by atoms with Gasteiger partial charge in [0.15, 0.2) is 6.10 Å². The Hall–Kier alpha value is -2.01. The molecule has 0 spiro atoms. The summed E-state index contributed by atoms with van der Waals surface area (Å²) in [6.45, 7) is 8.90. The molecule has 0 radical (unpaired) electrons. The number of carbonyl (C=O) groups is 3. The summed E-state index contributed by atoms with van der Waals surface area (Å²) in [5, 5.41) is 10.9. The Balaban J connectivity index is 5.44. The van der Waals surface area contributed by atoms with E-state index < -0.39 is 36.2 Å². The number of esters is 2. The van der Waals surface area contributed by atoms with Gasteiger partial charge in [0.25, 0.3) is 0 Å². The number of methoxy groups -OCH3 is 2. The van der Waals surface area contributed by atoms with Gasteiger partial charge in [0.1, 0.15) is 12.2 Å². The smallest absolute Gasteiger partial charge is 0.335 e. The van der Waals surface area contributed by atoms with E-state index in [1.165, 1.54) is 12.0 Å². The van der Waals surface area contributed by atoms with Crippen LogP contribution in [-0.4, -0.2) is 86.2 Å². The molecule has 1 amide bonds. The lowest BCUT2D eigenvalue weighted by atomic mass is 9.86. The number of rotatable bonds is 19. The van der Waals surface area contributed by atoms with Gasteiger partial charge in [0, 0.05) is 58.2 Å². The summed E-state index contributed by atoms with van der Waals surface area (Å²) in [7, 11) is 4.58. The molecule has 10 heteroatoms. The third-order valence-corrected chi connectivity index (χ3v) is 6.51. The monoisotopic (exact) mass is 516 g/mol. The Labute approximate surface area is 216 Å². The van der Waals surface area contributed by atoms with Gasteiger partial charge in [-0.2, -0.15) is 0 Å². The van der Waals surface area contributed by atoms with Crippen LogP contribution in [0.25, 0.3) is 0 Å². The molecule has 8 atom stereocenters. The van der Waals surface area contributed by atoms with Gasteiger partial charge in [-0.3, -0.25) is 9.59 Å². The van der Waals surface area contributed by atoms with Crippen molar-refractivity contribution in [3.63, 3.8) is 0 Å². The third-order valence-electron chi connectivity index (χ3n) is 6.51. The van der Waals surface area contributed by atoms with Gasteiger partial charge in [-0.15, -0.1) is 0 Å². The zero-order valence-electron chi connectivity index (χ0n) is 23.2. The molecule has 0 aliphatic carbocycles. The molecule has 0 saturated carbocycles. The summed E-state index contributed by atoms with van der Waals surface area (Å²) in [6.07, 6.45) is 3.29. The molecule has 0 aliphatic rings. The third kappa shape index (κ3) is 12.3. The zero-order chi connectivity index (χ0) is 27.8. The van der Waals surface area contributed by atoms with E-state index >= 15 is 0 Å². The first-order valence-corrected chi connectivity index (χ1v) is 12.7. The average molecular weight is 517 g/mol. The summed E-state index contributed by atoms with van der Waals surface area (Å²) in [5.74, 6) is -1.53. The number of carbonyl (C=O) groups excluding carboxylic acids is 3. The number of aliphatic hydroxyl groups excluding tert-OH is 1. The Morgan fingerprint density at radius 3 is 2.17 bits per heavy atom. The van der Waals surface area contributed by atoms with Gasteiger partial charge < -0.3 is 34.7 Å². The van der Waals surface area contributed by atoms with Gasteiger partial charge in [-0.25, -0.2) is 4.79 Å². The second-order valence-corrected chi connectivity index (χ2v) is 9.30. The largest absolute Gasteiger partial charge is 0.462 e. The minimum Gasteiger partial charge on any atom is -0.462 e. The van der Waals surface area contributed by atoms with Crippen molar-refractivity contribution in [1.82, 2.24) is 4.90 Å². The number of ether oxygens (including phenoxy) is 4. The van der Waals surface area contributed by atoms with Crippen LogP contribution in [0.4, 0.5) is 0 Å². The molecular formula is C26H48N2O8. The van der Waals surface area contributed by atoms with Gasteiger partial charge in [-0.05, 0) is 26.2 Å². The van der Waals surface area contributed by atoms with E-state index in [0.717, 1.165) is 0 Å². The first-order valence-electron chi connectivity index (χ1n) is 12.7. The van der Waals surface area contributed by atoms with Crippen LogP contribution < -0.4 is 5.73 Å². The lowest BCUT2D eigenvalue weighted by Gasteiger charge is -2.32. The van der Waals surface area contributed by atoms with Crippen LogP contribution in [-0.2, 0) is 33.3 Å². The Morgan fingerprint density at radius 1 is 1.03 bits per heavy atom. The predicted octanol–water partition coefficient (Wildman–Crippen LogP) is 2.41. The molecule has 0 rings (SSSR count). The molecule has 0 heterocycles. The molecule has 10 nitrogen and oxygen atoms in total. The Bertz CT molecular complexity index is 674. The van der Waals surface area contributed by atoms with Crippen LogP contribution in [0.2, 0.25) is 0 Å². The highest BCUT2D eigenvalue weighted by Crippen LogP contribution is 2.25. The van der Waals surface area contributed by atoms with Crippen molar-refractivity contribution in [3.8, 4) is 0 Å². The van der Waals surface area contributed by atoms with Crippen LogP contribution in [0.1, 0.15) is 66.7 Å². The van der Waals surface area contributed by atoms with Crippen LogP contribution in [0, 0.1) is 11.8 Å². The van der Waals surface area contributed by atoms with Crippen molar-refractivity contribution in [2.75, 3.05) is 21.3 Å². The fourth-order valence-corrected chi connectivity index (χ4v) is 3.70. The highest BCUT2D eigenvalue weighted by molar-refractivity contribution is 5.74. The Kier molecular flexibility index (Phi) is 17.2. The quantitative estimate of drug-likeness (QED) is 0.196. The number of hydrogen-bond donors (Lipinski definition) is 2. The maximum Gasteiger partial charge on any atom is 0.335 e. The lowest BCUT2D eigenvalue weighted by Crippen LogP contribution is -2.42. The summed E-state index contributed by atoms with van der Waals surface area (Å²) < 4.78 is 21.9. The molecule has 0 fully saturated rings. The number of amides is 1. The van der Waals surface area contributed by atoms with Crippen LogP contribution >= 0.6 is 0 Å². The lowest BCUT2D eigenvalue weighted by molar-refractivity contribution is -0.165. The van der Waals surface area contributed by atoms with Crippen molar-refractivity contribution in [3.05, 3.63) is 12.3 Å². The van der Waals surface area contributed by atoms with Crippen LogP contribution in [0.15, 0.2) is 12.3 Å². The van der Waals surface area contributed by atoms with E-state index in [0.29, 0.717) is 38.5 Å². The summed E-state index contributed by atoms with van der Waals surface area (Å²) >= 11 is 0. The molecule has 0 aromatic rings. The van der Waals surface area contributed by atoms with E-state index in [1.54, 1.807) is 40.3 Å². The minimum absolute atomic E-state index is 0.269. The molecule has 0 bridgehead atoms. The normalized spacial score (nSPS) is 18.4. The first-order chi connectivity index (χ1) is 16.9. The van der Waals surface area contributed by atoms with Crippen molar-refractivity contribution in [2.45, 2.75) is 103 Å². The van der Waals surface area contributed by atoms with Crippen molar-refractivity contribution >= 4 is 18.3 Å². The van der Waals surface area contributed by atoms with Crippen molar-refractivity contribution in [1.29, 1.82) is 0 Å². The van der Waals surface area contributed by atoms with Gasteiger partial charge in [0.2, 0.25) is 6.41 Å². The van der Waals surface area contributed by atoms with Crippen LogP contribution in [0.5, 0.6) is 0 Å². The molecule has 210 valence electrons. The minimum atomic E-state index is -0.843. The molecular weight excluding hydrogens is 468 g/mol. The van der Waals surface area contributed by atoms with E-state index in [1.807, 2.05) is 20.8 Å². The van der Waals surface area contributed by atoms with E-state index in [9.17, 15) is 19.5 Å². The first kappa shape index (κ1) is 34.0. The van der Waals surface area contributed by atoms with Crippen molar-refractivity contribution < 1.29 is 38.4 Å². The van der Waals surface area contributed by atoms with Gasteiger partial charge in [0.05, 0.1) is 12.2 Å². The summed E-state index contributed by atoms with van der Waals surface area (Å²) in [6, 6.07) is -0.409. The molecule has 0 saturated heterocycles. The average Bonchev–Trinajstić information content (AvgIpc) is 2.89. The topological polar surface area (TPSA) is 138 Å². The molecule has 0 aromatic carbocycles. The second kappa shape index (κ2) is 18.3. The number of nitrogens with zero attached hydrogens (tertiary/aromatic N) is 1. The Morgan fingerprint density at radius 2 is 1.67 bits per heavy atom. The summed E-state index contributed by atoms with van der Waals surface area (Å²) in [4.78, 5) is 36.4. The predicted molar refractivity (Wildman–Crippen MR) is 137 cm³/mol. The SMILES string of the molecule is CCC(=O)O[C@H](CC)C[C@H](OC)[C@@H](N)CC[C@@H](OC(=O)[C@@H](C)OC)[C@H](C)[C@H](O)[C@H](C)/C=C/N(C)C=O. The van der Waals surface area contributed by atoms with E-state index in [4.69, 9.17) is 24.7 Å².